The zero-order chi connectivity index (χ0) is 11.0. The summed E-state index contributed by atoms with van der Waals surface area (Å²) in [5.74, 6) is 0.685. The van der Waals surface area contributed by atoms with E-state index < -0.39 is 0 Å². The summed E-state index contributed by atoms with van der Waals surface area (Å²) in [6, 6.07) is 0.780. The van der Waals surface area contributed by atoms with Gasteiger partial charge in [0.05, 0.1) is 10.7 Å². The summed E-state index contributed by atoms with van der Waals surface area (Å²) in [5.41, 5.74) is 1.24. The third kappa shape index (κ3) is 2.44. The maximum Gasteiger partial charge on any atom is 0.0973 e. The zero-order valence-electron chi connectivity index (χ0n) is 9.78. The number of hydrogen-bond acceptors (Lipinski definition) is 4. The van der Waals surface area contributed by atoms with Crippen LogP contribution in [-0.2, 0) is 6.54 Å². The molecule has 0 bridgehead atoms. The van der Waals surface area contributed by atoms with Crippen LogP contribution in [0, 0.1) is 0 Å². The molecule has 1 N–H and O–H groups in total. The largest absolute Gasteiger partial charge is 0.308 e. The van der Waals surface area contributed by atoms with Gasteiger partial charge in [0.25, 0.3) is 0 Å². The van der Waals surface area contributed by atoms with Crippen LogP contribution in [0.3, 0.4) is 0 Å². The molecule has 16 heavy (non-hydrogen) atoms. The molecule has 1 aromatic rings. The van der Waals surface area contributed by atoms with Crippen LogP contribution in [0.25, 0.3) is 0 Å². The van der Waals surface area contributed by atoms with Gasteiger partial charge in [0.1, 0.15) is 0 Å². The van der Waals surface area contributed by atoms with E-state index in [4.69, 9.17) is 4.98 Å². The molecule has 0 radical (unpaired) electrons. The number of nitrogens with zero attached hydrogens (tertiary/aromatic N) is 2. The van der Waals surface area contributed by atoms with Gasteiger partial charge in [0, 0.05) is 30.4 Å². The summed E-state index contributed by atoms with van der Waals surface area (Å²) in [7, 11) is 2.20. The molecule has 1 aliphatic heterocycles. The monoisotopic (exact) mass is 237 g/mol. The predicted octanol–water partition coefficient (Wildman–Crippen LogP) is 1.81. The van der Waals surface area contributed by atoms with Crippen molar-refractivity contribution < 1.29 is 0 Å². The van der Waals surface area contributed by atoms with Crippen molar-refractivity contribution in [3.05, 3.63) is 16.1 Å². The lowest BCUT2D eigenvalue weighted by Crippen LogP contribution is -2.16. The predicted molar refractivity (Wildman–Crippen MR) is 66.8 cm³/mol. The normalized spacial score (nSPS) is 26.4. The van der Waals surface area contributed by atoms with Crippen LogP contribution >= 0.6 is 11.3 Å². The Morgan fingerprint density at radius 3 is 3.06 bits per heavy atom. The second-order valence-electron chi connectivity index (χ2n) is 5.08. The van der Waals surface area contributed by atoms with Crippen molar-refractivity contribution in [2.75, 3.05) is 20.1 Å². The zero-order valence-corrected chi connectivity index (χ0v) is 10.6. The highest BCUT2D eigenvalue weighted by atomic mass is 32.1. The van der Waals surface area contributed by atoms with Crippen LogP contribution in [0.15, 0.2) is 5.38 Å². The summed E-state index contributed by atoms with van der Waals surface area (Å²) >= 11 is 1.84. The first kappa shape index (κ1) is 10.7. The maximum atomic E-state index is 4.76. The molecule has 4 heteroatoms. The average Bonchev–Trinajstić information content (AvgIpc) is 2.81. The molecular weight excluding hydrogens is 218 g/mol. The van der Waals surface area contributed by atoms with E-state index in [1.54, 1.807) is 0 Å². The lowest BCUT2D eigenvalue weighted by molar-refractivity contribution is 0.411. The molecule has 1 aliphatic carbocycles. The van der Waals surface area contributed by atoms with Crippen LogP contribution in [-0.4, -0.2) is 36.1 Å². The van der Waals surface area contributed by atoms with Gasteiger partial charge >= 0.3 is 0 Å². The molecule has 0 spiro atoms. The summed E-state index contributed by atoms with van der Waals surface area (Å²) in [6.45, 7) is 3.37. The van der Waals surface area contributed by atoms with Crippen molar-refractivity contribution in [2.45, 2.75) is 37.8 Å². The Hall–Kier alpha value is -0.450. The highest BCUT2D eigenvalue weighted by molar-refractivity contribution is 7.09. The first-order valence-electron chi connectivity index (χ1n) is 6.17. The fourth-order valence-electron chi connectivity index (χ4n) is 2.26. The first-order chi connectivity index (χ1) is 7.81. The van der Waals surface area contributed by atoms with Gasteiger partial charge in [-0.2, -0.15) is 0 Å². The molecule has 3 nitrogen and oxygen atoms in total. The standard InChI is InChI=1S/C12H19N3S/c1-15-5-4-9(7-15)12-14-11(8-16-12)6-13-10-2-3-10/h8-10,13H,2-7H2,1H3. The summed E-state index contributed by atoms with van der Waals surface area (Å²) in [6.07, 6.45) is 3.98. The van der Waals surface area contributed by atoms with Crippen LogP contribution < -0.4 is 5.32 Å². The van der Waals surface area contributed by atoms with Crippen molar-refractivity contribution in [2.24, 2.45) is 0 Å². The Bertz CT molecular complexity index is 359. The van der Waals surface area contributed by atoms with E-state index in [0.29, 0.717) is 5.92 Å². The number of likely N-dealkylation sites (N-methyl/N-ethyl adjacent to an activating group) is 1. The van der Waals surface area contributed by atoms with Gasteiger partial charge in [0.2, 0.25) is 0 Å². The molecule has 1 saturated carbocycles. The first-order valence-corrected chi connectivity index (χ1v) is 7.05. The summed E-state index contributed by atoms with van der Waals surface area (Å²) < 4.78 is 0. The minimum absolute atomic E-state index is 0.685. The second-order valence-corrected chi connectivity index (χ2v) is 5.97. The van der Waals surface area contributed by atoms with E-state index in [1.165, 1.54) is 43.1 Å². The Labute approximate surface area is 101 Å². The van der Waals surface area contributed by atoms with Crippen LogP contribution in [0.2, 0.25) is 0 Å². The molecule has 0 amide bonds. The molecule has 1 saturated heterocycles. The van der Waals surface area contributed by atoms with Gasteiger partial charge in [0.15, 0.2) is 0 Å². The average molecular weight is 237 g/mol. The van der Waals surface area contributed by atoms with E-state index in [1.807, 2.05) is 11.3 Å². The van der Waals surface area contributed by atoms with Gasteiger partial charge < -0.3 is 10.2 Å². The van der Waals surface area contributed by atoms with Crippen molar-refractivity contribution in [3.63, 3.8) is 0 Å². The minimum atomic E-state index is 0.685. The molecule has 2 fully saturated rings. The Morgan fingerprint density at radius 1 is 1.50 bits per heavy atom. The van der Waals surface area contributed by atoms with Gasteiger partial charge in [-0.3, -0.25) is 0 Å². The van der Waals surface area contributed by atoms with Crippen molar-refractivity contribution >= 4 is 11.3 Å². The lowest BCUT2D eigenvalue weighted by Gasteiger charge is -2.06. The fourth-order valence-corrected chi connectivity index (χ4v) is 3.21. The van der Waals surface area contributed by atoms with Gasteiger partial charge in [-0.05, 0) is 32.9 Å². The molecule has 0 aromatic carbocycles. The Morgan fingerprint density at radius 2 is 2.38 bits per heavy atom. The van der Waals surface area contributed by atoms with Crippen molar-refractivity contribution in [1.29, 1.82) is 0 Å². The van der Waals surface area contributed by atoms with Crippen molar-refractivity contribution in [1.82, 2.24) is 15.2 Å². The molecule has 1 atom stereocenters. The van der Waals surface area contributed by atoms with Gasteiger partial charge in [-0.25, -0.2) is 4.98 Å². The molecule has 2 heterocycles. The number of rotatable bonds is 4. The fraction of sp³-hybridized carbons (Fsp3) is 0.750. The van der Waals surface area contributed by atoms with Crippen LogP contribution in [0.5, 0.6) is 0 Å². The second kappa shape index (κ2) is 4.43. The van der Waals surface area contributed by atoms with Crippen LogP contribution in [0.4, 0.5) is 0 Å². The molecule has 3 rings (SSSR count). The smallest absolute Gasteiger partial charge is 0.0973 e. The van der Waals surface area contributed by atoms with E-state index in [-0.39, 0.29) is 0 Å². The lowest BCUT2D eigenvalue weighted by atomic mass is 10.1. The third-order valence-corrected chi connectivity index (χ3v) is 4.52. The van der Waals surface area contributed by atoms with E-state index >= 15 is 0 Å². The number of likely N-dealkylation sites (tertiary alicyclic amines) is 1. The number of thiazole rings is 1. The highest BCUT2D eigenvalue weighted by Crippen LogP contribution is 2.29. The molecule has 2 aliphatic rings. The molecule has 1 unspecified atom stereocenters. The van der Waals surface area contributed by atoms with E-state index in [0.717, 1.165) is 12.6 Å². The van der Waals surface area contributed by atoms with Gasteiger partial charge in [-0.15, -0.1) is 11.3 Å². The highest BCUT2D eigenvalue weighted by Gasteiger charge is 2.24. The minimum Gasteiger partial charge on any atom is -0.308 e. The number of aromatic nitrogens is 1. The van der Waals surface area contributed by atoms with E-state index in [9.17, 15) is 0 Å². The van der Waals surface area contributed by atoms with Crippen molar-refractivity contribution in [3.8, 4) is 0 Å². The van der Waals surface area contributed by atoms with Crippen LogP contribution in [0.1, 0.15) is 35.9 Å². The molecule has 88 valence electrons. The topological polar surface area (TPSA) is 28.2 Å². The molecular formula is C12H19N3S. The number of hydrogen-bond donors (Lipinski definition) is 1. The quantitative estimate of drug-likeness (QED) is 0.865. The Kier molecular flexibility index (Phi) is 2.96. The third-order valence-electron chi connectivity index (χ3n) is 3.46. The maximum absolute atomic E-state index is 4.76. The summed E-state index contributed by atoms with van der Waals surface area (Å²) in [4.78, 5) is 7.15. The summed E-state index contributed by atoms with van der Waals surface area (Å²) in [5, 5.41) is 7.09. The SMILES string of the molecule is CN1CCC(c2nc(CNC3CC3)cs2)C1. The number of nitrogens with one attached hydrogen (secondary N) is 1. The van der Waals surface area contributed by atoms with E-state index in [2.05, 4.69) is 22.6 Å². The Balaban J connectivity index is 1.58. The van der Waals surface area contributed by atoms with Gasteiger partial charge in [-0.1, -0.05) is 0 Å². The molecule has 1 aromatic heterocycles.